The number of carbonyl (C=O) groups is 1. The first kappa shape index (κ1) is 16.4. The lowest BCUT2D eigenvalue weighted by Crippen LogP contribution is -2.32. The molecule has 0 saturated heterocycles. The SMILES string of the molecule is O=C(c1ccc2nncn2c1)N(CCCO)Cc1cccc(Cl)c1. The number of aromatic nitrogens is 3. The van der Waals surface area contributed by atoms with E-state index >= 15 is 0 Å². The van der Waals surface area contributed by atoms with Gasteiger partial charge in [0.25, 0.3) is 5.91 Å². The molecule has 2 aromatic heterocycles. The number of aliphatic hydroxyl groups is 1. The molecule has 1 N–H and O–H groups in total. The standard InChI is InChI=1S/C17H17ClN4O2/c18-15-4-1-3-13(9-15)10-21(7-2-8-23)17(24)14-5-6-16-20-19-12-22(16)11-14/h1,3-6,9,11-12,23H,2,7-8,10H2. The first-order chi connectivity index (χ1) is 11.7. The van der Waals surface area contributed by atoms with Gasteiger partial charge in [-0.05, 0) is 36.2 Å². The summed E-state index contributed by atoms with van der Waals surface area (Å²) in [4.78, 5) is 14.6. The highest BCUT2D eigenvalue weighted by molar-refractivity contribution is 6.30. The number of aliphatic hydroxyl groups excluding tert-OH is 1. The van der Waals surface area contributed by atoms with Crippen LogP contribution in [0.1, 0.15) is 22.3 Å². The van der Waals surface area contributed by atoms with E-state index in [1.807, 2.05) is 18.2 Å². The van der Waals surface area contributed by atoms with Crippen LogP contribution >= 0.6 is 11.6 Å². The van der Waals surface area contributed by atoms with Gasteiger partial charge in [0.1, 0.15) is 6.33 Å². The molecule has 24 heavy (non-hydrogen) atoms. The van der Waals surface area contributed by atoms with E-state index in [9.17, 15) is 4.79 Å². The molecule has 0 radical (unpaired) electrons. The maximum Gasteiger partial charge on any atom is 0.255 e. The van der Waals surface area contributed by atoms with Crippen molar-refractivity contribution >= 4 is 23.2 Å². The van der Waals surface area contributed by atoms with Gasteiger partial charge in [-0.15, -0.1) is 10.2 Å². The van der Waals surface area contributed by atoms with Gasteiger partial charge >= 0.3 is 0 Å². The molecule has 3 aromatic rings. The highest BCUT2D eigenvalue weighted by Crippen LogP contribution is 2.15. The van der Waals surface area contributed by atoms with Crippen molar-refractivity contribution in [2.45, 2.75) is 13.0 Å². The van der Waals surface area contributed by atoms with Crippen LogP contribution in [0.3, 0.4) is 0 Å². The van der Waals surface area contributed by atoms with Gasteiger partial charge in [-0.1, -0.05) is 23.7 Å². The lowest BCUT2D eigenvalue weighted by molar-refractivity contribution is 0.0731. The molecule has 0 aliphatic carbocycles. The minimum absolute atomic E-state index is 0.0315. The minimum atomic E-state index is -0.112. The van der Waals surface area contributed by atoms with Crippen molar-refractivity contribution in [1.82, 2.24) is 19.5 Å². The molecule has 0 atom stereocenters. The van der Waals surface area contributed by atoms with E-state index in [1.54, 1.807) is 40.0 Å². The maximum atomic E-state index is 12.9. The van der Waals surface area contributed by atoms with Gasteiger partial charge in [-0.25, -0.2) is 0 Å². The van der Waals surface area contributed by atoms with Gasteiger partial charge in [0.2, 0.25) is 0 Å². The fraction of sp³-hybridized carbons (Fsp3) is 0.235. The molecule has 0 unspecified atom stereocenters. The Morgan fingerprint density at radius 3 is 2.96 bits per heavy atom. The summed E-state index contributed by atoms with van der Waals surface area (Å²) in [6, 6.07) is 10.9. The van der Waals surface area contributed by atoms with Gasteiger partial charge in [-0.2, -0.15) is 0 Å². The third-order valence-corrected chi connectivity index (χ3v) is 3.91. The lowest BCUT2D eigenvalue weighted by Gasteiger charge is -2.23. The van der Waals surface area contributed by atoms with Crippen LogP contribution in [0.2, 0.25) is 5.02 Å². The van der Waals surface area contributed by atoms with Crippen LogP contribution in [0.5, 0.6) is 0 Å². The van der Waals surface area contributed by atoms with Gasteiger partial charge in [0.05, 0.1) is 5.56 Å². The molecule has 0 spiro atoms. The first-order valence-corrected chi connectivity index (χ1v) is 7.99. The third kappa shape index (κ3) is 3.72. The molecule has 2 heterocycles. The molecule has 6 nitrogen and oxygen atoms in total. The van der Waals surface area contributed by atoms with Crippen molar-refractivity contribution in [2.75, 3.05) is 13.2 Å². The van der Waals surface area contributed by atoms with Crippen LogP contribution in [-0.2, 0) is 6.54 Å². The Labute approximate surface area is 144 Å². The van der Waals surface area contributed by atoms with Crippen molar-refractivity contribution in [3.05, 3.63) is 65.1 Å². The molecule has 1 aromatic carbocycles. The Kier molecular flexibility index (Phi) is 5.08. The number of carbonyl (C=O) groups excluding carboxylic acids is 1. The lowest BCUT2D eigenvalue weighted by atomic mass is 10.1. The van der Waals surface area contributed by atoms with Crippen molar-refractivity contribution in [3.8, 4) is 0 Å². The number of halogens is 1. The molecule has 0 aliphatic heterocycles. The highest BCUT2D eigenvalue weighted by Gasteiger charge is 2.17. The van der Waals surface area contributed by atoms with Crippen molar-refractivity contribution in [1.29, 1.82) is 0 Å². The second-order valence-electron chi connectivity index (χ2n) is 5.45. The van der Waals surface area contributed by atoms with Crippen LogP contribution < -0.4 is 0 Å². The number of amides is 1. The average Bonchev–Trinajstić information content (AvgIpc) is 3.05. The van der Waals surface area contributed by atoms with Crippen LogP contribution in [-0.4, -0.2) is 43.7 Å². The third-order valence-electron chi connectivity index (χ3n) is 3.67. The summed E-state index contributed by atoms with van der Waals surface area (Å²) in [5.41, 5.74) is 2.17. The number of hydrogen-bond donors (Lipinski definition) is 1. The average molecular weight is 345 g/mol. The zero-order valence-electron chi connectivity index (χ0n) is 13.0. The fourth-order valence-corrected chi connectivity index (χ4v) is 2.72. The number of fused-ring (bicyclic) bond motifs is 1. The Bertz CT molecular complexity index is 849. The molecular formula is C17H17ClN4O2. The van der Waals surface area contributed by atoms with Crippen LogP contribution in [0.25, 0.3) is 5.65 Å². The van der Waals surface area contributed by atoms with Crippen molar-refractivity contribution in [2.24, 2.45) is 0 Å². The second-order valence-corrected chi connectivity index (χ2v) is 5.88. The van der Waals surface area contributed by atoms with Gasteiger partial charge < -0.3 is 10.0 Å². The molecular weight excluding hydrogens is 328 g/mol. The van der Waals surface area contributed by atoms with Gasteiger partial charge in [0, 0.05) is 30.9 Å². The van der Waals surface area contributed by atoms with E-state index in [4.69, 9.17) is 16.7 Å². The van der Waals surface area contributed by atoms with E-state index in [-0.39, 0.29) is 12.5 Å². The number of pyridine rings is 1. The van der Waals surface area contributed by atoms with Gasteiger partial charge in [-0.3, -0.25) is 9.20 Å². The van der Waals surface area contributed by atoms with Crippen molar-refractivity contribution in [3.63, 3.8) is 0 Å². The molecule has 1 amide bonds. The smallest absolute Gasteiger partial charge is 0.255 e. The topological polar surface area (TPSA) is 70.7 Å². The van der Waals surface area contributed by atoms with E-state index in [1.165, 1.54) is 0 Å². The molecule has 0 saturated carbocycles. The number of nitrogens with zero attached hydrogens (tertiary/aromatic N) is 4. The molecule has 0 aliphatic rings. The summed E-state index contributed by atoms with van der Waals surface area (Å²) in [6.07, 6.45) is 3.78. The van der Waals surface area contributed by atoms with Crippen LogP contribution in [0.15, 0.2) is 48.9 Å². The quantitative estimate of drug-likeness (QED) is 0.745. The zero-order valence-corrected chi connectivity index (χ0v) is 13.7. The predicted octanol–water partition coefficient (Wildman–Crippen LogP) is 2.41. The van der Waals surface area contributed by atoms with Crippen LogP contribution in [0.4, 0.5) is 0 Å². The predicted molar refractivity (Wildman–Crippen MR) is 90.9 cm³/mol. The van der Waals surface area contributed by atoms with E-state index in [2.05, 4.69) is 10.2 Å². The van der Waals surface area contributed by atoms with Crippen LogP contribution in [0, 0.1) is 0 Å². The minimum Gasteiger partial charge on any atom is -0.396 e. The van der Waals surface area contributed by atoms with E-state index in [0.29, 0.717) is 35.7 Å². The summed E-state index contributed by atoms with van der Waals surface area (Å²) in [6.45, 7) is 0.922. The van der Waals surface area contributed by atoms with E-state index < -0.39 is 0 Å². The maximum absolute atomic E-state index is 12.9. The summed E-state index contributed by atoms with van der Waals surface area (Å²) >= 11 is 6.02. The summed E-state index contributed by atoms with van der Waals surface area (Å²) in [5, 5.41) is 17.5. The molecule has 0 fully saturated rings. The Balaban J connectivity index is 1.84. The molecule has 7 heteroatoms. The number of benzene rings is 1. The number of rotatable bonds is 6. The largest absolute Gasteiger partial charge is 0.396 e. The van der Waals surface area contributed by atoms with Crippen molar-refractivity contribution < 1.29 is 9.90 Å². The zero-order chi connectivity index (χ0) is 16.9. The summed E-state index contributed by atoms with van der Waals surface area (Å²) in [7, 11) is 0. The normalized spacial score (nSPS) is 10.9. The summed E-state index contributed by atoms with van der Waals surface area (Å²) in [5.74, 6) is -0.112. The summed E-state index contributed by atoms with van der Waals surface area (Å²) < 4.78 is 1.71. The highest BCUT2D eigenvalue weighted by atomic mass is 35.5. The second kappa shape index (κ2) is 7.42. The monoisotopic (exact) mass is 344 g/mol. The van der Waals surface area contributed by atoms with E-state index in [0.717, 1.165) is 5.56 Å². The fourth-order valence-electron chi connectivity index (χ4n) is 2.51. The molecule has 3 rings (SSSR count). The Hall–Kier alpha value is -2.44. The first-order valence-electron chi connectivity index (χ1n) is 7.61. The van der Waals surface area contributed by atoms with Gasteiger partial charge in [0.15, 0.2) is 5.65 Å². The molecule has 0 bridgehead atoms. The molecule has 124 valence electrons. The number of hydrogen-bond acceptors (Lipinski definition) is 4. The Morgan fingerprint density at radius 2 is 2.17 bits per heavy atom. The Morgan fingerprint density at radius 1 is 1.29 bits per heavy atom.